The number of hydrogen-bond acceptors (Lipinski definition) is 4. The molecule has 0 amide bonds. The third-order valence-corrected chi connectivity index (χ3v) is 3.34. The van der Waals surface area contributed by atoms with Gasteiger partial charge in [-0.15, -0.1) is 0 Å². The molecule has 1 aliphatic rings. The van der Waals surface area contributed by atoms with E-state index in [4.69, 9.17) is 9.47 Å². The second-order valence-corrected chi connectivity index (χ2v) is 4.67. The summed E-state index contributed by atoms with van der Waals surface area (Å²) in [5, 5.41) is 1.06. The number of benzene rings is 1. The zero-order chi connectivity index (χ0) is 13.1. The van der Waals surface area contributed by atoms with Crippen molar-refractivity contribution in [3.63, 3.8) is 0 Å². The van der Waals surface area contributed by atoms with Crippen LogP contribution in [0.15, 0.2) is 36.5 Å². The molecule has 1 unspecified atom stereocenters. The summed E-state index contributed by atoms with van der Waals surface area (Å²) in [4.78, 5) is 16.1. The van der Waals surface area contributed by atoms with Gasteiger partial charge in [-0.1, -0.05) is 6.07 Å². The highest BCUT2D eigenvalue weighted by Gasteiger charge is 2.23. The monoisotopic (exact) mass is 257 g/mol. The summed E-state index contributed by atoms with van der Waals surface area (Å²) in [5.41, 5.74) is 0.872. The van der Waals surface area contributed by atoms with Gasteiger partial charge >= 0.3 is 0 Å². The van der Waals surface area contributed by atoms with Crippen LogP contribution in [-0.2, 0) is 9.53 Å². The van der Waals surface area contributed by atoms with E-state index < -0.39 is 0 Å². The lowest BCUT2D eigenvalue weighted by atomic mass is 10.0. The number of rotatable bonds is 4. The van der Waals surface area contributed by atoms with Crippen molar-refractivity contribution in [2.75, 3.05) is 19.8 Å². The summed E-state index contributed by atoms with van der Waals surface area (Å²) in [7, 11) is 0. The Morgan fingerprint density at radius 3 is 3.21 bits per heavy atom. The first-order valence-corrected chi connectivity index (χ1v) is 6.41. The van der Waals surface area contributed by atoms with Crippen LogP contribution in [0.1, 0.15) is 6.42 Å². The molecule has 0 radical (unpaired) electrons. The average Bonchev–Trinajstić information content (AvgIpc) is 2.99. The maximum absolute atomic E-state index is 11.9. The number of aromatic nitrogens is 1. The Bertz CT molecular complexity index is 591. The number of ether oxygens (including phenoxy) is 2. The molecule has 1 aromatic carbocycles. The maximum Gasteiger partial charge on any atom is 0.175 e. The maximum atomic E-state index is 11.9. The smallest absolute Gasteiger partial charge is 0.175 e. The molecule has 0 saturated carbocycles. The van der Waals surface area contributed by atoms with Crippen LogP contribution in [0.25, 0.3) is 10.9 Å². The van der Waals surface area contributed by atoms with Gasteiger partial charge < -0.3 is 9.47 Å². The van der Waals surface area contributed by atoms with E-state index in [9.17, 15) is 4.79 Å². The number of fused-ring (bicyclic) bond motifs is 1. The Hall–Kier alpha value is -1.94. The summed E-state index contributed by atoms with van der Waals surface area (Å²) < 4.78 is 10.7. The number of nitrogens with zero attached hydrogens (tertiary/aromatic N) is 1. The van der Waals surface area contributed by atoms with Crippen LogP contribution in [0.5, 0.6) is 5.75 Å². The van der Waals surface area contributed by atoms with Gasteiger partial charge in [-0.05, 0) is 24.6 Å². The molecular weight excluding hydrogens is 242 g/mol. The molecule has 98 valence electrons. The number of Topliss-reactive ketones (excluding diaryl/α,β-unsaturated/α-hetero) is 1. The minimum atomic E-state index is -0.00131. The van der Waals surface area contributed by atoms with Crippen molar-refractivity contribution < 1.29 is 14.3 Å². The highest BCUT2D eigenvalue weighted by atomic mass is 16.5. The highest BCUT2D eigenvalue weighted by Crippen LogP contribution is 2.19. The van der Waals surface area contributed by atoms with Gasteiger partial charge in [0.05, 0.1) is 12.1 Å². The molecule has 2 heterocycles. The van der Waals surface area contributed by atoms with Gasteiger partial charge in [0.2, 0.25) is 0 Å². The van der Waals surface area contributed by atoms with E-state index >= 15 is 0 Å². The highest BCUT2D eigenvalue weighted by molar-refractivity contribution is 5.83. The first-order chi connectivity index (χ1) is 9.33. The van der Waals surface area contributed by atoms with Gasteiger partial charge in [0.25, 0.3) is 0 Å². The molecule has 19 heavy (non-hydrogen) atoms. The van der Waals surface area contributed by atoms with Gasteiger partial charge in [0.1, 0.15) is 12.4 Å². The number of carbonyl (C=O) groups is 1. The Morgan fingerprint density at radius 2 is 2.37 bits per heavy atom. The Kier molecular flexibility index (Phi) is 3.42. The van der Waals surface area contributed by atoms with Gasteiger partial charge in [-0.25, -0.2) is 0 Å². The summed E-state index contributed by atoms with van der Waals surface area (Å²) in [6, 6.07) is 9.55. The van der Waals surface area contributed by atoms with Crippen LogP contribution in [0.3, 0.4) is 0 Å². The standard InChI is InChI=1S/C15H15NO3/c17-15(12-5-7-18-9-12)10-19-13-4-3-11-2-1-6-16-14(11)8-13/h1-4,6,8,12H,5,7,9-10H2. The minimum absolute atomic E-state index is 0.00131. The second kappa shape index (κ2) is 5.36. The predicted molar refractivity (Wildman–Crippen MR) is 71.2 cm³/mol. The van der Waals surface area contributed by atoms with Crippen LogP contribution in [0, 0.1) is 5.92 Å². The fourth-order valence-corrected chi connectivity index (χ4v) is 2.20. The molecule has 4 heteroatoms. The topological polar surface area (TPSA) is 48.4 Å². The molecule has 1 aliphatic heterocycles. The lowest BCUT2D eigenvalue weighted by Gasteiger charge is -2.09. The van der Waals surface area contributed by atoms with E-state index in [0.717, 1.165) is 17.3 Å². The van der Waals surface area contributed by atoms with Crippen molar-refractivity contribution >= 4 is 16.7 Å². The average molecular weight is 257 g/mol. The molecule has 0 bridgehead atoms. The number of carbonyl (C=O) groups excluding carboxylic acids is 1. The Balaban J connectivity index is 1.66. The van der Waals surface area contributed by atoms with E-state index in [1.54, 1.807) is 6.20 Å². The number of hydrogen-bond donors (Lipinski definition) is 0. The van der Waals surface area contributed by atoms with Crippen LogP contribution >= 0.6 is 0 Å². The molecule has 1 aromatic heterocycles. The Labute approximate surface area is 111 Å². The lowest BCUT2D eigenvalue weighted by Crippen LogP contribution is -2.21. The molecule has 0 aliphatic carbocycles. The normalized spacial score (nSPS) is 18.6. The second-order valence-electron chi connectivity index (χ2n) is 4.67. The largest absolute Gasteiger partial charge is 0.486 e. The van der Waals surface area contributed by atoms with Crippen LogP contribution in [0.4, 0.5) is 0 Å². The third kappa shape index (κ3) is 2.74. The summed E-state index contributed by atoms with van der Waals surface area (Å²) in [6.45, 7) is 1.31. The summed E-state index contributed by atoms with van der Waals surface area (Å²) >= 11 is 0. The molecule has 4 nitrogen and oxygen atoms in total. The van der Waals surface area contributed by atoms with Crippen molar-refractivity contribution in [3.05, 3.63) is 36.5 Å². The van der Waals surface area contributed by atoms with Crippen molar-refractivity contribution in [3.8, 4) is 5.75 Å². The van der Waals surface area contributed by atoms with Gasteiger partial charge in [0.15, 0.2) is 5.78 Å². The SMILES string of the molecule is O=C(COc1ccc2cccnc2c1)C1CCOC1. The molecule has 1 atom stereocenters. The van der Waals surface area contributed by atoms with Crippen LogP contribution in [-0.4, -0.2) is 30.6 Å². The predicted octanol–water partition coefficient (Wildman–Crippen LogP) is 2.22. The lowest BCUT2D eigenvalue weighted by molar-refractivity contribution is -0.124. The Morgan fingerprint density at radius 1 is 1.42 bits per heavy atom. The van der Waals surface area contributed by atoms with Gasteiger partial charge in [-0.3, -0.25) is 9.78 Å². The van der Waals surface area contributed by atoms with E-state index in [0.29, 0.717) is 19.0 Å². The van der Waals surface area contributed by atoms with Crippen molar-refractivity contribution in [2.45, 2.75) is 6.42 Å². The van der Waals surface area contributed by atoms with Crippen LogP contribution < -0.4 is 4.74 Å². The molecule has 1 fully saturated rings. The third-order valence-electron chi connectivity index (χ3n) is 3.34. The van der Waals surface area contributed by atoms with E-state index in [2.05, 4.69) is 4.98 Å². The van der Waals surface area contributed by atoms with Crippen molar-refractivity contribution in [1.82, 2.24) is 4.98 Å². The van der Waals surface area contributed by atoms with Crippen molar-refractivity contribution in [1.29, 1.82) is 0 Å². The summed E-state index contributed by atoms with van der Waals surface area (Å²) in [5.74, 6) is 0.788. The van der Waals surface area contributed by atoms with Crippen molar-refractivity contribution in [2.24, 2.45) is 5.92 Å². The van der Waals surface area contributed by atoms with Gasteiger partial charge in [0, 0.05) is 30.2 Å². The summed E-state index contributed by atoms with van der Waals surface area (Å²) in [6.07, 6.45) is 2.55. The number of pyridine rings is 1. The zero-order valence-corrected chi connectivity index (χ0v) is 10.5. The molecule has 0 spiro atoms. The first kappa shape index (κ1) is 12.1. The molecule has 2 aromatic rings. The molecular formula is C15H15NO3. The van der Waals surface area contributed by atoms with E-state index in [-0.39, 0.29) is 18.3 Å². The van der Waals surface area contributed by atoms with Crippen LogP contribution in [0.2, 0.25) is 0 Å². The molecule has 1 saturated heterocycles. The first-order valence-electron chi connectivity index (χ1n) is 6.41. The fraction of sp³-hybridized carbons (Fsp3) is 0.333. The minimum Gasteiger partial charge on any atom is -0.486 e. The number of ketones is 1. The van der Waals surface area contributed by atoms with E-state index in [1.165, 1.54) is 0 Å². The zero-order valence-electron chi connectivity index (χ0n) is 10.5. The van der Waals surface area contributed by atoms with E-state index in [1.807, 2.05) is 30.3 Å². The molecule has 0 N–H and O–H groups in total. The fourth-order valence-electron chi connectivity index (χ4n) is 2.20. The van der Waals surface area contributed by atoms with Gasteiger partial charge in [-0.2, -0.15) is 0 Å². The molecule has 3 rings (SSSR count). The quantitative estimate of drug-likeness (QED) is 0.842.